The third-order valence-electron chi connectivity index (χ3n) is 7.11. The van der Waals surface area contributed by atoms with Gasteiger partial charge >= 0.3 is 0 Å². The lowest BCUT2D eigenvalue weighted by molar-refractivity contribution is -0.127. The average Bonchev–Trinajstić information content (AvgIpc) is 3.09. The molecular formula is C26H37N5O2. The first kappa shape index (κ1) is 23.5. The van der Waals surface area contributed by atoms with Gasteiger partial charge in [-0.2, -0.15) is 5.10 Å². The zero-order chi connectivity index (χ0) is 23.4. The molecule has 2 heterocycles. The molecule has 2 N–H and O–H groups in total. The minimum Gasteiger partial charge on any atom is -0.353 e. The van der Waals surface area contributed by atoms with Gasteiger partial charge in [-0.05, 0) is 58.6 Å². The van der Waals surface area contributed by atoms with E-state index in [1.54, 1.807) is 0 Å². The SMILES string of the molecule is Cc1ccc(-n2nc(C)c(NC(=O)CN3CCC(NC(=O)C4CCCCC4)CC3)c2C)cc1. The molecule has 2 amide bonds. The number of aryl methyl sites for hydroxylation is 2. The molecule has 1 aromatic carbocycles. The van der Waals surface area contributed by atoms with Gasteiger partial charge in [0.05, 0.1) is 29.3 Å². The smallest absolute Gasteiger partial charge is 0.238 e. The third-order valence-corrected chi connectivity index (χ3v) is 7.11. The summed E-state index contributed by atoms with van der Waals surface area (Å²) in [4.78, 5) is 27.5. The maximum atomic E-state index is 12.8. The number of benzene rings is 1. The Kier molecular flexibility index (Phi) is 7.48. The number of carbonyl (C=O) groups excluding carboxylic acids is 2. The second kappa shape index (κ2) is 10.5. The summed E-state index contributed by atoms with van der Waals surface area (Å²) in [5.41, 5.74) is 4.71. The van der Waals surface area contributed by atoms with Crippen molar-refractivity contribution in [2.45, 2.75) is 71.8 Å². The number of aromatic nitrogens is 2. The molecular weight excluding hydrogens is 414 g/mol. The van der Waals surface area contributed by atoms with Gasteiger partial charge < -0.3 is 10.6 Å². The summed E-state index contributed by atoms with van der Waals surface area (Å²) < 4.78 is 1.88. The lowest BCUT2D eigenvalue weighted by Crippen LogP contribution is -2.48. The molecule has 1 aliphatic carbocycles. The van der Waals surface area contributed by atoms with Crippen LogP contribution in [0.4, 0.5) is 5.69 Å². The van der Waals surface area contributed by atoms with Crippen molar-refractivity contribution in [3.8, 4) is 5.69 Å². The number of rotatable bonds is 6. The van der Waals surface area contributed by atoms with Gasteiger partial charge in [0.2, 0.25) is 11.8 Å². The van der Waals surface area contributed by atoms with Crippen LogP contribution in [0.3, 0.4) is 0 Å². The Labute approximate surface area is 196 Å². The Hall–Kier alpha value is -2.67. The molecule has 2 aromatic rings. The second-order valence-corrected chi connectivity index (χ2v) is 9.74. The fourth-order valence-corrected chi connectivity index (χ4v) is 5.06. The maximum Gasteiger partial charge on any atom is 0.238 e. The summed E-state index contributed by atoms with van der Waals surface area (Å²) in [6.45, 7) is 7.97. The van der Waals surface area contributed by atoms with Crippen LogP contribution < -0.4 is 10.6 Å². The Morgan fingerprint density at radius 3 is 2.30 bits per heavy atom. The first-order valence-corrected chi connectivity index (χ1v) is 12.4. The van der Waals surface area contributed by atoms with Crippen molar-refractivity contribution in [3.05, 3.63) is 41.2 Å². The largest absolute Gasteiger partial charge is 0.353 e. The summed E-state index contributed by atoms with van der Waals surface area (Å²) in [7, 11) is 0. The molecule has 0 spiro atoms. The van der Waals surface area contributed by atoms with Crippen LogP contribution in [0.5, 0.6) is 0 Å². The molecule has 1 aromatic heterocycles. The minimum atomic E-state index is -0.0191. The standard InChI is InChI=1S/C26H37N5O2/c1-18-9-11-23(12-10-18)31-20(3)25(19(2)29-31)28-24(32)17-30-15-13-22(14-16-30)27-26(33)21-7-5-4-6-8-21/h9-12,21-22H,4-8,13-17H2,1-3H3,(H,27,33)(H,28,32). The van der Waals surface area contributed by atoms with Crippen LogP contribution in [0.2, 0.25) is 0 Å². The van der Waals surface area contributed by atoms with E-state index in [1.165, 1.54) is 24.8 Å². The topological polar surface area (TPSA) is 79.3 Å². The van der Waals surface area contributed by atoms with Crippen LogP contribution in [0.15, 0.2) is 24.3 Å². The molecule has 0 bridgehead atoms. The van der Waals surface area contributed by atoms with E-state index in [2.05, 4.69) is 39.7 Å². The van der Waals surface area contributed by atoms with E-state index in [4.69, 9.17) is 0 Å². The summed E-state index contributed by atoms with van der Waals surface area (Å²) in [6, 6.07) is 8.43. The van der Waals surface area contributed by atoms with Crippen molar-refractivity contribution in [2.24, 2.45) is 5.92 Å². The van der Waals surface area contributed by atoms with Gasteiger partial charge in [0, 0.05) is 25.0 Å². The highest BCUT2D eigenvalue weighted by atomic mass is 16.2. The van der Waals surface area contributed by atoms with Gasteiger partial charge in [-0.3, -0.25) is 14.5 Å². The predicted octanol–water partition coefficient (Wildman–Crippen LogP) is 3.90. The van der Waals surface area contributed by atoms with Gasteiger partial charge in [0.1, 0.15) is 0 Å². The Morgan fingerprint density at radius 2 is 1.64 bits per heavy atom. The van der Waals surface area contributed by atoms with E-state index in [0.29, 0.717) is 6.54 Å². The number of nitrogens with zero attached hydrogens (tertiary/aromatic N) is 3. The molecule has 2 aliphatic rings. The molecule has 0 unspecified atom stereocenters. The summed E-state index contributed by atoms with van der Waals surface area (Å²) in [5, 5.41) is 11.0. The number of carbonyl (C=O) groups is 2. The van der Waals surface area contributed by atoms with E-state index >= 15 is 0 Å². The van der Waals surface area contributed by atoms with Crippen LogP contribution in [-0.2, 0) is 9.59 Å². The van der Waals surface area contributed by atoms with Crippen LogP contribution in [0.25, 0.3) is 5.69 Å². The van der Waals surface area contributed by atoms with Gasteiger partial charge in [0.15, 0.2) is 0 Å². The monoisotopic (exact) mass is 451 g/mol. The lowest BCUT2D eigenvalue weighted by atomic mass is 9.88. The van der Waals surface area contributed by atoms with E-state index < -0.39 is 0 Å². The molecule has 0 atom stereocenters. The fourth-order valence-electron chi connectivity index (χ4n) is 5.06. The first-order chi connectivity index (χ1) is 15.9. The number of piperidine rings is 1. The van der Waals surface area contributed by atoms with Crippen molar-refractivity contribution in [1.82, 2.24) is 20.0 Å². The van der Waals surface area contributed by atoms with Crippen molar-refractivity contribution >= 4 is 17.5 Å². The molecule has 1 saturated carbocycles. The van der Waals surface area contributed by atoms with Crippen LogP contribution in [0, 0.1) is 26.7 Å². The number of amides is 2. The van der Waals surface area contributed by atoms with E-state index in [9.17, 15) is 9.59 Å². The van der Waals surface area contributed by atoms with Crippen molar-refractivity contribution < 1.29 is 9.59 Å². The van der Waals surface area contributed by atoms with Crippen LogP contribution in [-0.4, -0.2) is 52.2 Å². The van der Waals surface area contributed by atoms with Gasteiger partial charge in [-0.15, -0.1) is 0 Å². The molecule has 0 radical (unpaired) electrons. The predicted molar refractivity (Wildman–Crippen MR) is 131 cm³/mol. The first-order valence-electron chi connectivity index (χ1n) is 12.4. The van der Waals surface area contributed by atoms with Gasteiger partial charge in [-0.25, -0.2) is 4.68 Å². The number of hydrogen-bond donors (Lipinski definition) is 2. The van der Waals surface area contributed by atoms with E-state index in [1.807, 2.05) is 30.7 Å². The molecule has 7 heteroatoms. The van der Waals surface area contributed by atoms with Crippen LogP contribution in [0.1, 0.15) is 61.9 Å². The molecule has 178 valence electrons. The summed E-state index contributed by atoms with van der Waals surface area (Å²) in [5.74, 6) is 0.423. The number of nitrogens with one attached hydrogen (secondary N) is 2. The zero-order valence-electron chi connectivity index (χ0n) is 20.2. The van der Waals surface area contributed by atoms with Crippen molar-refractivity contribution in [3.63, 3.8) is 0 Å². The van der Waals surface area contributed by atoms with E-state index in [-0.39, 0.29) is 23.8 Å². The van der Waals surface area contributed by atoms with Gasteiger partial charge in [-0.1, -0.05) is 37.0 Å². The minimum absolute atomic E-state index is 0.0191. The third kappa shape index (κ3) is 5.82. The molecule has 1 saturated heterocycles. The molecule has 33 heavy (non-hydrogen) atoms. The normalized spacial score (nSPS) is 18.3. The molecule has 1 aliphatic heterocycles. The fraction of sp³-hybridized carbons (Fsp3) is 0.577. The number of hydrogen-bond acceptors (Lipinski definition) is 4. The maximum absolute atomic E-state index is 12.8. The van der Waals surface area contributed by atoms with Crippen molar-refractivity contribution in [2.75, 3.05) is 25.0 Å². The molecule has 4 rings (SSSR count). The highest BCUT2D eigenvalue weighted by Gasteiger charge is 2.26. The van der Waals surface area contributed by atoms with Gasteiger partial charge in [0.25, 0.3) is 0 Å². The zero-order valence-corrected chi connectivity index (χ0v) is 20.2. The Bertz CT molecular complexity index is 967. The summed E-state index contributed by atoms with van der Waals surface area (Å²) >= 11 is 0. The molecule has 2 fully saturated rings. The second-order valence-electron chi connectivity index (χ2n) is 9.74. The van der Waals surface area contributed by atoms with E-state index in [0.717, 1.165) is 61.5 Å². The van der Waals surface area contributed by atoms with Crippen molar-refractivity contribution in [1.29, 1.82) is 0 Å². The Morgan fingerprint density at radius 1 is 0.970 bits per heavy atom. The quantitative estimate of drug-likeness (QED) is 0.698. The molecule has 7 nitrogen and oxygen atoms in total. The average molecular weight is 452 g/mol. The highest BCUT2D eigenvalue weighted by Crippen LogP contribution is 2.25. The summed E-state index contributed by atoms with van der Waals surface area (Å²) in [6.07, 6.45) is 7.47. The van der Waals surface area contributed by atoms with Crippen LogP contribution >= 0.6 is 0 Å². The number of likely N-dealkylation sites (tertiary alicyclic amines) is 1. The Balaban J connectivity index is 1.27. The highest BCUT2D eigenvalue weighted by molar-refractivity contribution is 5.93. The number of anilines is 1. The lowest BCUT2D eigenvalue weighted by Gasteiger charge is -2.33.